The summed E-state index contributed by atoms with van der Waals surface area (Å²) >= 11 is 0. The first-order valence-electron chi connectivity index (χ1n) is 6.69. The van der Waals surface area contributed by atoms with Crippen LogP contribution in [0.15, 0.2) is 6.07 Å². The minimum atomic E-state index is 0.136. The van der Waals surface area contributed by atoms with Gasteiger partial charge < -0.3 is 10.2 Å². The maximum atomic E-state index is 12.6. The molecule has 98 valence electrons. The molecule has 0 aromatic carbocycles. The number of piperidine rings is 1. The van der Waals surface area contributed by atoms with Crippen LogP contribution in [0.1, 0.15) is 29.0 Å². The molecule has 5 nitrogen and oxygen atoms in total. The Morgan fingerprint density at radius 1 is 1.50 bits per heavy atom. The Bertz CT molecular complexity index is 468. The topological polar surface area (TPSA) is 50.2 Å². The lowest BCUT2D eigenvalue weighted by molar-refractivity contribution is 0.0563. The molecule has 18 heavy (non-hydrogen) atoms. The summed E-state index contributed by atoms with van der Waals surface area (Å²) in [6.45, 7) is 4.80. The largest absolute Gasteiger partial charge is 0.333 e. The van der Waals surface area contributed by atoms with E-state index in [1.54, 1.807) is 4.68 Å². The first kappa shape index (κ1) is 11.7. The third-order valence-electron chi connectivity index (χ3n) is 4.16. The van der Waals surface area contributed by atoms with Crippen molar-refractivity contribution < 1.29 is 4.79 Å². The summed E-state index contributed by atoms with van der Waals surface area (Å²) in [6, 6.07) is 2.26. The number of hydrogen-bond donors (Lipinski definition) is 1. The number of carbonyl (C=O) groups is 1. The Hall–Kier alpha value is -1.36. The molecule has 3 heterocycles. The number of rotatable bonds is 1. The zero-order valence-electron chi connectivity index (χ0n) is 11.0. The SMILES string of the molecule is Cc1cc(C(=O)N2CCCC3CNCC32)n(C)n1. The van der Waals surface area contributed by atoms with Gasteiger partial charge in [-0.15, -0.1) is 0 Å². The van der Waals surface area contributed by atoms with Crippen molar-refractivity contribution in [3.05, 3.63) is 17.5 Å². The third kappa shape index (κ3) is 1.82. The van der Waals surface area contributed by atoms with E-state index in [2.05, 4.69) is 10.4 Å². The summed E-state index contributed by atoms with van der Waals surface area (Å²) in [4.78, 5) is 14.7. The van der Waals surface area contributed by atoms with Gasteiger partial charge in [-0.05, 0) is 31.7 Å². The molecule has 0 bridgehead atoms. The van der Waals surface area contributed by atoms with Gasteiger partial charge >= 0.3 is 0 Å². The number of hydrogen-bond acceptors (Lipinski definition) is 3. The average Bonchev–Trinajstić information content (AvgIpc) is 2.94. The molecule has 1 amide bonds. The summed E-state index contributed by atoms with van der Waals surface area (Å²) < 4.78 is 1.70. The van der Waals surface area contributed by atoms with Gasteiger partial charge in [0.25, 0.3) is 5.91 Å². The maximum absolute atomic E-state index is 12.6. The summed E-state index contributed by atoms with van der Waals surface area (Å²) in [7, 11) is 1.84. The number of fused-ring (bicyclic) bond motifs is 1. The third-order valence-corrected chi connectivity index (χ3v) is 4.16. The summed E-state index contributed by atoms with van der Waals surface area (Å²) in [5.41, 5.74) is 1.61. The Balaban J connectivity index is 1.85. The Kier molecular flexibility index (Phi) is 2.86. The fraction of sp³-hybridized carbons (Fsp3) is 0.692. The van der Waals surface area contributed by atoms with E-state index in [4.69, 9.17) is 0 Å². The van der Waals surface area contributed by atoms with E-state index in [0.717, 1.165) is 31.7 Å². The molecule has 0 saturated carbocycles. The summed E-state index contributed by atoms with van der Waals surface area (Å²) in [5.74, 6) is 0.772. The van der Waals surface area contributed by atoms with E-state index in [0.29, 0.717) is 17.7 Å². The number of carbonyl (C=O) groups excluding carboxylic acids is 1. The van der Waals surface area contributed by atoms with E-state index in [1.165, 1.54) is 6.42 Å². The van der Waals surface area contributed by atoms with Crippen molar-refractivity contribution in [1.82, 2.24) is 20.0 Å². The molecule has 1 N–H and O–H groups in total. The van der Waals surface area contributed by atoms with Crippen LogP contribution >= 0.6 is 0 Å². The molecule has 1 aromatic heterocycles. The maximum Gasteiger partial charge on any atom is 0.272 e. The minimum Gasteiger partial charge on any atom is -0.333 e. The van der Waals surface area contributed by atoms with Crippen molar-refractivity contribution in [2.45, 2.75) is 25.8 Å². The van der Waals surface area contributed by atoms with Gasteiger partial charge in [0.1, 0.15) is 5.69 Å². The van der Waals surface area contributed by atoms with E-state index in [-0.39, 0.29) is 5.91 Å². The highest BCUT2D eigenvalue weighted by Gasteiger charge is 2.38. The van der Waals surface area contributed by atoms with Gasteiger partial charge in [-0.3, -0.25) is 9.48 Å². The molecule has 3 rings (SSSR count). The van der Waals surface area contributed by atoms with Crippen LogP contribution in [0.4, 0.5) is 0 Å². The van der Waals surface area contributed by atoms with Gasteiger partial charge in [0.15, 0.2) is 0 Å². The van der Waals surface area contributed by atoms with E-state index >= 15 is 0 Å². The molecule has 0 spiro atoms. The first-order chi connectivity index (χ1) is 8.66. The number of aromatic nitrogens is 2. The van der Waals surface area contributed by atoms with Gasteiger partial charge in [0.2, 0.25) is 0 Å². The lowest BCUT2D eigenvalue weighted by Crippen LogP contribution is -2.48. The Morgan fingerprint density at radius 3 is 3.06 bits per heavy atom. The number of aryl methyl sites for hydroxylation is 2. The highest BCUT2D eigenvalue weighted by molar-refractivity contribution is 5.93. The monoisotopic (exact) mass is 248 g/mol. The van der Waals surface area contributed by atoms with Gasteiger partial charge in [0, 0.05) is 32.7 Å². The van der Waals surface area contributed by atoms with E-state index in [1.807, 2.05) is 24.9 Å². The second-order valence-corrected chi connectivity index (χ2v) is 5.42. The van der Waals surface area contributed by atoms with Crippen molar-refractivity contribution in [3.8, 4) is 0 Å². The molecule has 2 saturated heterocycles. The molecule has 2 fully saturated rings. The smallest absolute Gasteiger partial charge is 0.272 e. The number of nitrogens with zero attached hydrogens (tertiary/aromatic N) is 3. The fourth-order valence-corrected chi connectivity index (χ4v) is 3.28. The predicted octanol–water partition coefficient (Wildman–Crippen LogP) is 0.553. The minimum absolute atomic E-state index is 0.136. The molecular weight excluding hydrogens is 228 g/mol. The van der Waals surface area contributed by atoms with Gasteiger partial charge in [0.05, 0.1) is 5.69 Å². The molecule has 5 heteroatoms. The van der Waals surface area contributed by atoms with Crippen LogP contribution in [0.2, 0.25) is 0 Å². The number of nitrogens with one attached hydrogen (secondary N) is 1. The average molecular weight is 248 g/mol. The number of amides is 1. The molecule has 2 unspecified atom stereocenters. The normalized spacial score (nSPS) is 27.3. The van der Waals surface area contributed by atoms with Crippen LogP contribution in [0.3, 0.4) is 0 Å². The molecule has 0 aliphatic carbocycles. The Labute approximate surface area is 107 Å². The van der Waals surface area contributed by atoms with Gasteiger partial charge in [-0.1, -0.05) is 0 Å². The Morgan fingerprint density at radius 2 is 2.33 bits per heavy atom. The molecular formula is C13H20N4O. The molecule has 1 aromatic rings. The zero-order valence-corrected chi connectivity index (χ0v) is 11.0. The highest BCUT2D eigenvalue weighted by atomic mass is 16.2. The second kappa shape index (κ2) is 4.39. The molecule has 2 atom stereocenters. The molecule has 2 aliphatic heterocycles. The van der Waals surface area contributed by atoms with Crippen molar-refractivity contribution in [3.63, 3.8) is 0 Å². The highest BCUT2D eigenvalue weighted by Crippen LogP contribution is 2.27. The van der Waals surface area contributed by atoms with Crippen molar-refractivity contribution in [1.29, 1.82) is 0 Å². The summed E-state index contributed by atoms with van der Waals surface area (Å²) in [6.07, 6.45) is 2.36. The lowest BCUT2D eigenvalue weighted by atomic mass is 9.92. The van der Waals surface area contributed by atoms with Crippen LogP contribution in [0, 0.1) is 12.8 Å². The van der Waals surface area contributed by atoms with Crippen LogP contribution in [0.25, 0.3) is 0 Å². The standard InChI is InChI=1S/C13H20N4O/c1-9-6-11(16(2)15-9)13(18)17-5-3-4-10-7-14-8-12(10)17/h6,10,12,14H,3-5,7-8H2,1-2H3. The van der Waals surface area contributed by atoms with Crippen LogP contribution < -0.4 is 5.32 Å². The van der Waals surface area contributed by atoms with Crippen molar-refractivity contribution >= 4 is 5.91 Å². The first-order valence-corrected chi connectivity index (χ1v) is 6.69. The fourth-order valence-electron chi connectivity index (χ4n) is 3.28. The van der Waals surface area contributed by atoms with Crippen molar-refractivity contribution in [2.75, 3.05) is 19.6 Å². The summed E-state index contributed by atoms with van der Waals surface area (Å²) in [5, 5.41) is 7.67. The molecule has 0 radical (unpaired) electrons. The molecule has 2 aliphatic rings. The zero-order chi connectivity index (χ0) is 12.7. The second-order valence-electron chi connectivity index (χ2n) is 5.42. The van der Waals surface area contributed by atoms with E-state index in [9.17, 15) is 4.79 Å². The van der Waals surface area contributed by atoms with Gasteiger partial charge in [-0.25, -0.2) is 0 Å². The van der Waals surface area contributed by atoms with Crippen molar-refractivity contribution in [2.24, 2.45) is 13.0 Å². The lowest BCUT2D eigenvalue weighted by Gasteiger charge is -2.36. The van der Waals surface area contributed by atoms with Gasteiger partial charge in [-0.2, -0.15) is 5.10 Å². The number of likely N-dealkylation sites (tertiary alicyclic amines) is 1. The van der Waals surface area contributed by atoms with Crippen LogP contribution in [-0.2, 0) is 7.05 Å². The predicted molar refractivity (Wildman–Crippen MR) is 68.4 cm³/mol. The quantitative estimate of drug-likeness (QED) is 0.789. The van der Waals surface area contributed by atoms with Crippen LogP contribution in [-0.4, -0.2) is 46.3 Å². The van der Waals surface area contributed by atoms with E-state index < -0.39 is 0 Å². The van der Waals surface area contributed by atoms with Crippen LogP contribution in [0.5, 0.6) is 0 Å².